The van der Waals surface area contributed by atoms with Gasteiger partial charge in [-0.1, -0.05) is 18.2 Å². The summed E-state index contributed by atoms with van der Waals surface area (Å²) in [6.45, 7) is 0. The van der Waals surface area contributed by atoms with Gasteiger partial charge in [0.1, 0.15) is 0 Å². The van der Waals surface area contributed by atoms with Crippen molar-refractivity contribution in [2.24, 2.45) is 5.73 Å². The third-order valence-electron chi connectivity index (χ3n) is 2.40. The van der Waals surface area contributed by atoms with Crippen LogP contribution in [0.4, 0.5) is 0 Å². The molecule has 2 N–H and O–H groups in total. The second-order valence-electron chi connectivity index (χ2n) is 3.52. The smallest absolute Gasteiger partial charge is 0.0354 e. The van der Waals surface area contributed by atoms with E-state index >= 15 is 0 Å². The summed E-state index contributed by atoms with van der Waals surface area (Å²) in [6.07, 6.45) is 0.887. The molecule has 0 radical (unpaired) electrons. The standard InChI is InChI=1S/C12H11BrINS/c13-9-5-6-16-12(9)7-11(15)8-3-1-2-4-10(8)14/h1-6,11H,7,15H2. The van der Waals surface area contributed by atoms with E-state index in [0.717, 1.165) is 6.42 Å². The summed E-state index contributed by atoms with van der Waals surface area (Å²) in [5.41, 5.74) is 7.46. The Balaban J connectivity index is 2.18. The van der Waals surface area contributed by atoms with Gasteiger partial charge in [0.15, 0.2) is 0 Å². The lowest BCUT2D eigenvalue weighted by molar-refractivity contribution is 0.724. The molecule has 0 bridgehead atoms. The molecule has 0 saturated heterocycles. The number of thiophene rings is 1. The lowest BCUT2D eigenvalue weighted by atomic mass is 10.0. The molecule has 1 unspecified atom stereocenters. The third kappa shape index (κ3) is 2.85. The summed E-state index contributed by atoms with van der Waals surface area (Å²) in [5.74, 6) is 0. The van der Waals surface area contributed by atoms with Crippen LogP contribution in [0.2, 0.25) is 0 Å². The van der Waals surface area contributed by atoms with Crippen LogP contribution in [0.1, 0.15) is 16.5 Å². The molecule has 84 valence electrons. The third-order valence-corrected chi connectivity index (χ3v) is 5.33. The van der Waals surface area contributed by atoms with Crippen LogP contribution in [-0.2, 0) is 6.42 Å². The van der Waals surface area contributed by atoms with Gasteiger partial charge in [-0.05, 0) is 61.6 Å². The van der Waals surface area contributed by atoms with Crippen LogP contribution in [0.3, 0.4) is 0 Å². The predicted molar refractivity (Wildman–Crippen MR) is 81.8 cm³/mol. The fourth-order valence-electron chi connectivity index (χ4n) is 1.56. The van der Waals surface area contributed by atoms with E-state index in [1.165, 1.54) is 18.5 Å². The number of halogens is 2. The molecule has 0 fully saturated rings. The molecule has 2 aromatic rings. The molecule has 0 amide bonds. The Morgan fingerprint density at radius 3 is 2.69 bits per heavy atom. The molecule has 1 atom stereocenters. The van der Waals surface area contributed by atoms with Crippen molar-refractivity contribution in [3.63, 3.8) is 0 Å². The summed E-state index contributed by atoms with van der Waals surface area (Å²) in [5, 5.41) is 2.09. The van der Waals surface area contributed by atoms with Crippen LogP contribution in [0.15, 0.2) is 40.2 Å². The van der Waals surface area contributed by atoms with Gasteiger partial charge in [-0.3, -0.25) is 0 Å². The maximum Gasteiger partial charge on any atom is 0.0354 e. The molecule has 0 aliphatic carbocycles. The Bertz CT molecular complexity index is 483. The monoisotopic (exact) mass is 407 g/mol. The van der Waals surface area contributed by atoms with Gasteiger partial charge in [0, 0.05) is 25.4 Å². The minimum atomic E-state index is 0.0723. The zero-order valence-electron chi connectivity index (χ0n) is 8.49. The first kappa shape index (κ1) is 12.5. The van der Waals surface area contributed by atoms with Gasteiger partial charge in [0.25, 0.3) is 0 Å². The van der Waals surface area contributed by atoms with Crippen molar-refractivity contribution in [2.45, 2.75) is 12.5 Å². The molecule has 1 aromatic heterocycles. The average molecular weight is 408 g/mol. The van der Waals surface area contributed by atoms with Crippen molar-refractivity contribution in [3.8, 4) is 0 Å². The van der Waals surface area contributed by atoms with Gasteiger partial charge >= 0.3 is 0 Å². The summed E-state index contributed by atoms with van der Waals surface area (Å²) in [4.78, 5) is 1.31. The first-order chi connectivity index (χ1) is 7.68. The van der Waals surface area contributed by atoms with E-state index in [1.807, 2.05) is 12.1 Å². The van der Waals surface area contributed by atoms with Gasteiger partial charge in [-0.25, -0.2) is 0 Å². The van der Waals surface area contributed by atoms with Crippen LogP contribution < -0.4 is 5.73 Å². The van der Waals surface area contributed by atoms with E-state index in [0.29, 0.717) is 0 Å². The highest BCUT2D eigenvalue weighted by molar-refractivity contribution is 14.1. The second kappa shape index (κ2) is 5.62. The molecule has 0 spiro atoms. The van der Waals surface area contributed by atoms with Crippen molar-refractivity contribution in [1.82, 2.24) is 0 Å². The van der Waals surface area contributed by atoms with Crippen LogP contribution in [-0.4, -0.2) is 0 Å². The SMILES string of the molecule is NC(Cc1sccc1Br)c1ccccc1I. The van der Waals surface area contributed by atoms with Crippen LogP contribution in [0.25, 0.3) is 0 Å². The Morgan fingerprint density at radius 1 is 1.31 bits per heavy atom. The second-order valence-corrected chi connectivity index (χ2v) is 6.54. The van der Waals surface area contributed by atoms with Crippen molar-refractivity contribution in [1.29, 1.82) is 0 Å². The molecular weight excluding hydrogens is 397 g/mol. The zero-order chi connectivity index (χ0) is 11.5. The van der Waals surface area contributed by atoms with Crippen molar-refractivity contribution >= 4 is 49.9 Å². The molecule has 16 heavy (non-hydrogen) atoms. The zero-order valence-corrected chi connectivity index (χ0v) is 13.1. The fourth-order valence-corrected chi connectivity index (χ4v) is 3.92. The minimum Gasteiger partial charge on any atom is -0.324 e. The predicted octanol–water partition coefficient (Wildman–Crippen LogP) is 4.36. The number of nitrogens with two attached hydrogens (primary N) is 1. The van der Waals surface area contributed by atoms with Crippen molar-refractivity contribution < 1.29 is 0 Å². The van der Waals surface area contributed by atoms with Crippen LogP contribution in [0, 0.1) is 3.57 Å². The van der Waals surface area contributed by atoms with E-state index in [4.69, 9.17) is 5.73 Å². The highest BCUT2D eigenvalue weighted by Gasteiger charge is 2.12. The molecule has 1 heterocycles. The summed E-state index contributed by atoms with van der Waals surface area (Å²) >= 11 is 7.63. The maximum atomic E-state index is 6.24. The van der Waals surface area contributed by atoms with E-state index < -0.39 is 0 Å². The fraction of sp³-hybridized carbons (Fsp3) is 0.167. The highest BCUT2D eigenvalue weighted by Crippen LogP contribution is 2.28. The number of hydrogen-bond donors (Lipinski definition) is 1. The Hall–Kier alpha value is 0.0900. The summed E-state index contributed by atoms with van der Waals surface area (Å²) in [7, 11) is 0. The van der Waals surface area contributed by atoms with Crippen molar-refractivity contribution in [2.75, 3.05) is 0 Å². The number of rotatable bonds is 3. The Morgan fingerprint density at radius 2 is 2.06 bits per heavy atom. The van der Waals surface area contributed by atoms with Gasteiger partial charge in [-0.15, -0.1) is 11.3 Å². The first-order valence-corrected chi connectivity index (χ1v) is 7.65. The first-order valence-electron chi connectivity index (χ1n) is 4.90. The molecular formula is C12H11BrINS. The summed E-state index contributed by atoms with van der Waals surface area (Å²) < 4.78 is 2.40. The number of benzene rings is 1. The van der Waals surface area contributed by atoms with Gasteiger partial charge < -0.3 is 5.73 Å². The van der Waals surface area contributed by atoms with Gasteiger partial charge in [0.2, 0.25) is 0 Å². The topological polar surface area (TPSA) is 26.0 Å². The Kier molecular flexibility index (Phi) is 4.41. The van der Waals surface area contributed by atoms with E-state index in [9.17, 15) is 0 Å². The largest absolute Gasteiger partial charge is 0.324 e. The summed E-state index contributed by atoms with van der Waals surface area (Å²) in [6, 6.07) is 10.4. The molecule has 1 aromatic carbocycles. The Labute approximate surface area is 121 Å². The van der Waals surface area contributed by atoms with Crippen molar-refractivity contribution in [3.05, 3.63) is 54.2 Å². The normalized spacial score (nSPS) is 12.7. The number of hydrogen-bond acceptors (Lipinski definition) is 2. The lowest BCUT2D eigenvalue weighted by Crippen LogP contribution is -2.14. The quantitative estimate of drug-likeness (QED) is 0.751. The highest BCUT2D eigenvalue weighted by atomic mass is 127. The van der Waals surface area contributed by atoms with E-state index in [-0.39, 0.29) is 6.04 Å². The molecule has 4 heteroatoms. The van der Waals surface area contributed by atoms with Gasteiger partial charge in [-0.2, -0.15) is 0 Å². The van der Waals surface area contributed by atoms with E-state index in [1.54, 1.807) is 11.3 Å². The molecule has 1 nitrogen and oxygen atoms in total. The van der Waals surface area contributed by atoms with Crippen LogP contribution >= 0.6 is 49.9 Å². The lowest BCUT2D eigenvalue weighted by Gasteiger charge is -2.13. The van der Waals surface area contributed by atoms with Gasteiger partial charge in [0.05, 0.1) is 0 Å². The maximum absolute atomic E-state index is 6.24. The van der Waals surface area contributed by atoms with E-state index in [2.05, 4.69) is 62.1 Å². The molecule has 0 aliphatic rings. The van der Waals surface area contributed by atoms with Crippen LogP contribution in [0.5, 0.6) is 0 Å². The average Bonchev–Trinajstić information content (AvgIpc) is 2.65. The molecule has 0 aliphatic heterocycles. The molecule has 0 saturated carbocycles. The minimum absolute atomic E-state index is 0.0723. The molecule has 2 rings (SSSR count).